The molecule has 0 heterocycles. The first-order valence-corrected chi connectivity index (χ1v) is 7.46. The number of hydrazone groups is 1. The molecule has 124 valence electrons. The third-order valence-corrected chi connectivity index (χ3v) is 3.50. The molecule has 6 nitrogen and oxygen atoms in total. The van der Waals surface area contributed by atoms with E-state index >= 15 is 0 Å². The van der Waals surface area contributed by atoms with Gasteiger partial charge in [0.15, 0.2) is 0 Å². The van der Waals surface area contributed by atoms with E-state index in [4.69, 9.17) is 0 Å². The second kappa shape index (κ2) is 7.04. The van der Waals surface area contributed by atoms with Gasteiger partial charge in [-0.2, -0.15) is 5.10 Å². The summed E-state index contributed by atoms with van der Waals surface area (Å²) in [6.07, 6.45) is 1.55. The number of hydrogen-bond acceptors (Lipinski definition) is 4. The SMILES string of the molecule is CC(C)(C)c1ccc(/C=N\NC(=O)c2ccc([N+](=O)[O-])cc2)cc1. The second-order valence-corrected chi connectivity index (χ2v) is 6.38. The van der Waals surface area contributed by atoms with E-state index in [0.29, 0.717) is 5.56 Å². The lowest BCUT2D eigenvalue weighted by molar-refractivity contribution is -0.384. The third-order valence-electron chi connectivity index (χ3n) is 3.50. The van der Waals surface area contributed by atoms with Crippen molar-refractivity contribution in [3.63, 3.8) is 0 Å². The van der Waals surface area contributed by atoms with Crippen molar-refractivity contribution in [2.24, 2.45) is 5.10 Å². The highest BCUT2D eigenvalue weighted by atomic mass is 16.6. The Morgan fingerprint density at radius 2 is 1.67 bits per heavy atom. The monoisotopic (exact) mass is 325 g/mol. The van der Waals surface area contributed by atoms with Crippen LogP contribution in [0.15, 0.2) is 53.6 Å². The molecule has 2 aromatic carbocycles. The van der Waals surface area contributed by atoms with Gasteiger partial charge in [0.1, 0.15) is 0 Å². The molecule has 0 aliphatic heterocycles. The van der Waals surface area contributed by atoms with Gasteiger partial charge in [-0.05, 0) is 28.7 Å². The maximum absolute atomic E-state index is 11.9. The van der Waals surface area contributed by atoms with E-state index in [0.717, 1.165) is 5.56 Å². The van der Waals surface area contributed by atoms with Gasteiger partial charge >= 0.3 is 0 Å². The van der Waals surface area contributed by atoms with E-state index in [9.17, 15) is 14.9 Å². The summed E-state index contributed by atoms with van der Waals surface area (Å²) in [5, 5.41) is 14.5. The van der Waals surface area contributed by atoms with Crippen molar-refractivity contribution in [2.75, 3.05) is 0 Å². The predicted molar refractivity (Wildman–Crippen MR) is 93.3 cm³/mol. The van der Waals surface area contributed by atoms with Gasteiger partial charge in [0.25, 0.3) is 11.6 Å². The van der Waals surface area contributed by atoms with Crippen molar-refractivity contribution in [1.82, 2.24) is 5.43 Å². The fourth-order valence-corrected chi connectivity index (χ4v) is 2.03. The molecule has 1 amide bonds. The number of nitrogens with zero attached hydrogens (tertiary/aromatic N) is 2. The average molecular weight is 325 g/mol. The first kappa shape index (κ1) is 17.3. The molecule has 2 rings (SSSR count). The number of hydrogen-bond donors (Lipinski definition) is 1. The van der Waals surface area contributed by atoms with Gasteiger partial charge in [-0.1, -0.05) is 45.0 Å². The first-order chi connectivity index (χ1) is 11.3. The van der Waals surface area contributed by atoms with Crippen molar-refractivity contribution >= 4 is 17.8 Å². The number of nitrogens with one attached hydrogen (secondary N) is 1. The van der Waals surface area contributed by atoms with Crippen LogP contribution in [0.2, 0.25) is 0 Å². The summed E-state index contributed by atoms with van der Waals surface area (Å²) in [5.41, 5.74) is 4.81. The highest BCUT2D eigenvalue weighted by Gasteiger charge is 2.12. The lowest BCUT2D eigenvalue weighted by Gasteiger charge is -2.18. The lowest BCUT2D eigenvalue weighted by Crippen LogP contribution is -2.17. The molecule has 0 fully saturated rings. The summed E-state index contributed by atoms with van der Waals surface area (Å²) in [6, 6.07) is 13.3. The molecule has 0 spiro atoms. The zero-order chi connectivity index (χ0) is 17.7. The third kappa shape index (κ3) is 4.49. The maximum Gasteiger partial charge on any atom is 0.271 e. The number of amides is 1. The van der Waals surface area contributed by atoms with Gasteiger partial charge in [0.05, 0.1) is 11.1 Å². The number of nitro groups is 1. The van der Waals surface area contributed by atoms with Crippen LogP contribution >= 0.6 is 0 Å². The number of carbonyl (C=O) groups is 1. The Balaban J connectivity index is 1.98. The van der Waals surface area contributed by atoms with Gasteiger partial charge in [-0.25, -0.2) is 5.43 Å². The standard InChI is InChI=1S/C18H19N3O3/c1-18(2,3)15-8-4-13(5-9-15)12-19-20-17(22)14-6-10-16(11-7-14)21(23)24/h4-12H,1-3H3,(H,20,22)/b19-12-. The van der Waals surface area contributed by atoms with Crippen LogP contribution in [0.1, 0.15) is 42.3 Å². The number of carbonyl (C=O) groups excluding carboxylic acids is 1. The van der Waals surface area contributed by atoms with E-state index in [-0.39, 0.29) is 11.1 Å². The predicted octanol–water partition coefficient (Wildman–Crippen LogP) is 3.66. The van der Waals surface area contributed by atoms with Crippen LogP contribution in [0.25, 0.3) is 0 Å². The van der Waals surface area contributed by atoms with Crippen molar-refractivity contribution in [3.05, 3.63) is 75.3 Å². The number of benzene rings is 2. The molecule has 1 N–H and O–H groups in total. The van der Waals surface area contributed by atoms with Crippen molar-refractivity contribution < 1.29 is 9.72 Å². The molecule has 0 atom stereocenters. The van der Waals surface area contributed by atoms with E-state index in [1.807, 2.05) is 24.3 Å². The highest BCUT2D eigenvalue weighted by Crippen LogP contribution is 2.21. The van der Waals surface area contributed by atoms with Gasteiger partial charge in [0, 0.05) is 17.7 Å². The minimum Gasteiger partial charge on any atom is -0.267 e. The van der Waals surface area contributed by atoms with Crippen molar-refractivity contribution in [1.29, 1.82) is 0 Å². The van der Waals surface area contributed by atoms with E-state index in [1.165, 1.54) is 29.8 Å². The number of rotatable bonds is 4. The quantitative estimate of drug-likeness (QED) is 0.529. The topological polar surface area (TPSA) is 84.6 Å². The Morgan fingerprint density at radius 1 is 1.08 bits per heavy atom. The van der Waals surface area contributed by atoms with E-state index in [1.54, 1.807) is 6.21 Å². The zero-order valence-corrected chi connectivity index (χ0v) is 13.8. The molecule has 24 heavy (non-hydrogen) atoms. The smallest absolute Gasteiger partial charge is 0.267 e. The maximum atomic E-state index is 11.9. The van der Waals surface area contributed by atoms with Crippen LogP contribution in [0.5, 0.6) is 0 Å². The van der Waals surface area contributed by atoms with Gasteiger partial charge < -0.3 is 0 Å². The molecular formula is C18H19N3O3. The summed E-state index contributed by atoms with van der Waals surface area (Å²) in [5.74, 6) is -0.424. The van der Waals surface area contributed by atoms with E-state index in [2.05, 4.69) is 31.3 Å². The van der Waals surface area contributed by atoms with Crippen molar-refractivity contribution in [2.45, 2.75) is 26.2 Å². The zero-order valence-electron chi connectivity index (χ0n) is 13.8. The second-order valence-electron chi connectivity index (χ2n) is 6.38. The molecule has 0 aromatic heterocycles. The molecule has 0 saturated heterocycles. The van der Waals surface area contributed by atoms with Crippen LogP contribution in [0.4, 0.5) is 5.69 Å². The summed E-state index contributed by atoms with van der Waals surface area (Å²) >= 11 is 0. The van der Waals surface area contributed by atoms with Gasteiger partial charge in [-0.3, -0.25) is 14.9 Å². The Bertz CT molecular complexity index is 758. The Labute approximate surface area is 140 Å². The van der Waals surface area contributed by atoms with Crippen molar-refractivity contribution in [3.8, 4) is 0 Å². The minimum absolute atomic E-state index is 0.0611. The first-order valence-electron chi connectivity index (χ1n) is 7.46. The lowest BCUT2D eigenvalue weighted by atomic mass is 9.87. The molecule has 0 unspecified atom stereocenters. The van der Waals surface area contributed by atoms with Crippen LogP contribution < -0.4 is 5.43 Å². The summed E-state index contributed by atoms with van der Waals surface area (Å²) in [7, 11) is 0. The fraction of sp³-hybridized carbons (Fsp3) is 0.222. The molecule has 6 heteroatoms. The van der Waals surface area contributed by atoms with Crippen LogP contribution in [-0.2, 0) is 5.41 Å². The molecule has 0 bridgehead atoms. The van der Waals surface area contributed by atoms with Crippen LogP contribution in [0.3, 0.4) is 0 Å². The molecular weight excluding hydrogens is 306 g/mol. The molecule has 2 aromatic rings. The van der Waals surface area contributed by atoms with Crippen LogP contribution in [-0.4, -0.2) is 17.0 Å². The molecule has 0 aliphatic carbocycles. The molecule has 0 aliphatic rings. The summed E-state index contributed by atoms with van der Waals surface area (Å²) in [4.78, 5) is 22.0. The largest absolute Gasteiger partial charge is 0.271 e. The highest BCUT2D eigenvalue weighted by molar-refractivity contribution is 5.95. The Hall–Kier alpha value is -3.02. The fourth-order valence-electron chi connectivity index (χ4n) is 2.03. The summed E-state index contributed by atoms with van der Waals surface area (Å²) in [6.45, 7) is 6.42. The Kier molecular flexibility index (Phi) is 5.08. The Morgan fingerprint density at radius 3 is 2.17 bits per heavy atom. The number of non-ortho nitro benzene ring substituents is 1. The van der Waals surface area contributed by atoms with Gasteiger partial charge in [0.2, 0.25) is 0 Å². The van der Waals surface area contributed by atoms with E-state index < -0.39 is 10.8 Å². The number of nitro benzene ring substituents is 1. The van der Waals surface area contributed by atoms with Crippen LogP contribution in [0, 0.1) is 10.1 Å². The normalized spacial score (nSPS) is 11.5. The minimum atomic E-state index is -0.513. The molecule has 0 radical (unpaired) electrons. The molecule has 0 saturated carbocycles. The summed E-state index contributed by atoms with van der Waals surface area (Å²) < 4.78 is 0. The van der Waals surface area contributed by atoms with Gasteiger partial charge in [-0.15, -0.1) is 0 Å². The average Bonchev–Trinajstić information content (AvgIpc) is 2.54.